The summed E-state index contributed by atoms with van der Waals surface area (Å²) in [5.41, 5.74) is 5.14. The monoisotopic (exact) mass is 245 g/mol. The van der Waals surface area contributed by atoms with Crippen molar-refractivity contribution in [1.29, 1.82) is 5.26 Å². The minimum Gasteiger partial charge on any atom is -0.329 e. The summed E-state index contributed by atoms with van der Waals surface area (Å²) in [6.07, 6.45) is 3.81. The molecule has 0 saturated heterocycles. The van der Waals surface area contributed by atoms with Crippen LogP contribution in [0.5, 0.6) is 0 Å². The Labute approximate surface area is 97.1 Å². The minimum atomic E-state index is -3.57. The molecule has 1 rings (SSSR count). The second kappa shape index (κ2) is 5.13. The van der Waals surface area contributed by atoms with Crippen LogP contribution in [0.3, 0.4) is 0 Å². The molecule has 6 heteroatoms. The van der Waals surface area contributed by atoms with Crippen LogP contribution >= 0.6 is 0 Å². The van der Waals surface area contributed by atoms with Gasteiger partial charge in [0.1, 0.15) is 0 Å². The number of sulfonamides is 1. The Balaban J connectivity index is 2.83. The smallest absolute Gasteiger partial charge is 0.228 e. The van der Waals surface area contributed by atoms with Crippen molar-refractivity contribution in [2.24, 2.45) is 5.73 Å². The van der Waals surface area contributed by atoms with E-state index in [4.69, 9.17) is 11.0 Å². The zero-order valence-corrected chi connectivity index (χ0v) is 10.4. The molecule has 1 fully saturated rings. The van der Waals surface area contributed by atoms with Gasteiger partial charge < -0.3 is 5.73 Å². The van der Waals surface area contributed by atoms with Crippen LogP contribution in [-0.2, 0) is 10.0 Å². The van der Waals surface area contributed by atoms with Crippen molar-refractivity contribution in [2.75, 3.05) is 6.54 Å². The average molecular weight is 245 g/mol. The van der Waals surface area contributed by atoms with Crippen LogP contribution in [0.25, 0.3) is 0 Å². The maximum absolute atomic E-state index is 11.9. The molecule has 0 aromatic heterocycles. The van der Waals surface area contributed by atoms with Crippen LogP contribution in [0.4, 0.5) is 0 Å². The zero-order chi connectivity index (χ0) is 12.2. The lowest BCUT2D eigenvalue weighted by atomic mass is 10.0. The normalized spacial score (nSPS) is 21.6. The molecule has 1 aliphatic rings. The maximum atomic E-state index is 11.9. The van der Waals surface area contributed by atoms with E-state index in [1.54, 1.807) is 6.92 Å². The molecule has 0 radical (unpaired) electrons. The molecular weight excluding hydrogens is 226 g/mol. The van der Waals surface area contributed by atoms with Crippen LogP contribution < -0.4 is 10.5 Å². The zero-order valence-electron chi connectivity index (χ0n) is 9.57. The highest BCUT2D eigenvalue weighted by Gasteiger charge is 2.38. The van der Waals surface area contributed by atoms with Gasteiger partial charge in [0.2, 0.25) is 10.0 Å². The maximum Gasteiger partial charge on any atom is 0.228 e. The number of hydrogen-bond donors (Lipinski definition) is 2. The first-order valence-corrected chi connectivity index (χ1v) is 7.17. The lowest BCUT2D eigenvalue weighted by Crippen LogP contribution is -2.53. The third kappa shape index (κ3) is 2.73. The summed E-state index contributed by atoms with van der Waals surface area (Å²) in [6.45, 7) is 1.99. The van der Waals surface area contributed by atoms with Crippen molar-refractivity contribution in [3.8, 4) is 6.07 Å². The molecule has 0 aromatic rings. The number of hydrogen-bond acceptors (Lipinski definition) is 4. The Morgan fingerprint density at radius 1 is 1.50 bits per heavy atom. The van der Waals surface area contributed by atoms with E-state index >= 15 is 0 Å². The van der Waals surface area contributed by atoms with E-state index in [0.717, 1.165) is 25.7 Å². The molecule has 3 N–H and O–H groups in total. The second-order valence-corrected chi connectivity index (χ2v) is 6.23. The first kappa shape index (κ1) is 13.4. The van der Waals surface area contributed by atoms with Crippen LogP contribution in [0.15, 0.2) is 0 Å². The molecule has 1 unspecified atom stereocenters. The van der Waals surface area contributed by atoms with E-state index in [9.17, 15) is 8.42 Å². The molecule has 0 aliphatic heterocycles. The first-order chi connectivity index (χ1) is 7.49. The summed E-state index contributed by atoms with van der Waals surface area (Å²) < 4.78 is 26.5. The SMILES string of the molecule is CCC(C#N)S(=O)(=O)NC1(CN)CCCC1. The standard InChI is InChI=1S/C10H19N3O2S/c1-2-9(7-11)16(14,15)13-10(8-12)5-3-4-6-10/h9,13H,2-6,8,12H2,1H3. The van der Waals surface area contributed by atoms with E-state index in [-0.39, 0.29) is 0 Å². The number of rotatable bonds is 5. The predicted molar refractivity (Wildman–Crippen MR) is 62.0 cm³/mol. The molecule has 0 spiro atoms. The van der Waals surface area contributed by atoms with Crippen molar-refractivity contribution < 1.29 is 8.42 Å². The van der Waals surface area contributed by atoms with Crippen LogP contribution in [0.1, 0.15) is 39.0 Å². The molecule has 92 valence electrons. The van der Waals surface area contributed by atoms with E-state index < -0.39 is 20.8 Å². The largest absolute Gasteiger partial charge is 0.329 e. The highest BCUT2D eigenvalue weighted by Crippen LogP contribution is 2.29. The average Bonchev–Trinajstić information content (AvgIpc) is 2.67. The lowest BCUT2D eigenvalue weighted by molar-refractivity contribution is 0.398. The molecule has 16 heavy (non-hydrogen) atoms. The van der Waals surface area contributed by atoms with Crippen LogP contribution in [0, 0.1) is 11.3 Å². The van der Waals surface area contributed by atoms with Gasteiger partial charge in [0, 0.05) is 12.1 Å². The van der Waals surface area contributed by atoms with Crippen molar-refractivity contribution in [2.45, 2.75) is 49.8 Å². The third-order valence-electron chi connectivity index (χ3n) is 3.20. The highest BCUT2D eigenvalue weighted by molar-refractivity contribution is 7.90. The number of nitrogens with two attached hydrogens (primary N) is 1. The minimum absolute atomic E-state index is 0.298. The molecule has 0 aromatic carbocycles. The Bertz CT molecular complexity index is 366. The topological polar surface area (TPSA) is 96.0 Å². The Kier molecular flexibility index (Phi) is 4.30. The van der Waals surface area contributed by atoms with Gasteiger partial charge in [-0.2, -0.15) is 5.26 Å². The van der Waals surface area contributed by atoms with Gasteiger partial charge in [-0.25, -0.2) is 13.1 Å². The summed E-state index contributed by atoms with van der Waals surface area (Å²) in [7, 11) is -3.57. The van der Waals surface area contributed by atoms with E-state index in [1.165, 1.54) is 0 Å². The van der Waals surface area contributed by atoms with Crippen molar-refractivity contribution in [1.82, 2.24) is 4.72 Å². The summed E-state index contributed by atoms with van der Waals surface area (Å²) in [5.74, 6) is 0. The molecule has 1 atom stereocenters. The van der Waals surface area contributed by atoms with Crippen LogP contribution in [0.2, 0.25) is 0 Å². The Hall–Kier alpha value is -0.640. The highest BCUT2D eigenvalue weighted by atomic mass is 32.2. The van der Waals surface area contributed by atoms with E-state index in [0.29, 0.717) is 13.0 Å². The van der Waals surface area contributed by atoms with Gasteiger partial charge in [-0.15, -0.1) is 0 Å². The Morgan fingerprint density at radius 3 is 2.44 bits per heavy atom. The van der Waals surface area contributed by atoms with Gasteiger partial charge in [-0.05, 0) is 19.3 Å². The van der Waals surface area contributed by atoms with Gasteiger partial charge in [0.25, 0.3) is 0 Å². The fourth-order valence-corrected chi connectivity index (χ4v) is 3.76. The molecule has 1 saturated carbocycles. The van der Waals surface area contributed by atoms with Crippen molar-refractivity contribution in [3.05, 3.63) is 0 Å². The Morgan fingerprint density at radius 2 is 2.06 bits per heavy atom. The molecular formula is C10H19N3O2S. The fourth-order valence-electron chi connectivity index (χ4n) is 2.15. The van der Waals surface area contributed by atoms with Crippen molar-refractivity contribution >= 4 is 10.0 Å². The lowest BCUT2D eigenvalue weighted by Gasteiger charge is -2.29. The number of nitriles is 1. The second-order valence-electron chi connectivity index (χ2n) is 4.36. The van der Waals surface area contributed by atoms with Gasteiger partial charge >= 0.3 is 0 Å². The molecule has 1 aliphatic carbocycles. The van der Waals surface area contributed by atoms with E-state index in [1.807, 2.05) is 6.07 Å². The summed E-state index contributed by atoms with van der Waals surface area (Å²) in [5, 5.41) is 7.82. The summed E-state index contributed by atoms with van der Waals surface area (Å²) in [4.78, 5) is 0. The summed E-state index contributed by atoms with van der Waals surface area (Å²) in [6, 6.07) is 1.82. The summed E-state index contributed by atoms with van der Waals surface area (Å²) >= 11 is 0. The molecule has 0 amide bonds. The molecule has 5 nitrogen and oxygen atoms in total. The van der Waals surface area contributed by atoms with Gasteiger partial charge in [0.05, 0.1) is 6.07 Å². The molecule has 0 heterocycles. The predicted octanol–water partition coefficient (Wildman–Crippen LogP) is 0.479. The van der Waals surface area contributed by atoms with Gasteiger partial charge in [0.15, 0.2) is 5.25 Å². The number of nitrogens with zero attached hydrogens (tertiary/aromatic N) is 1. The van der Waals surface area contributed by atoms with Gasteiger partial charge in [-0.1, -0.05) is 19.8 Å². The van der Waals surface area contributed by atoms with E-state index in [2.05, 4.69) is 4.72 Å². The fraction of sp³-hybridized carbons (Fsp3) is 0.900. The first-order valence-electron chi connectivity index (χ1n) is 5.62. The number of nitrogens with one attached hydrogen (secondary N) is 1. The van der Waals surface area contributed by atoms with Crippen LogP contribution in [-0.4, -0.2) is 25.8 Å². The quantitative estimate of drug-likeness (QED) is 0.736. The molecule has 0 bridgehead atoms. The third-order valence-corrected chi connectivity index (χ3v) is 5.10. The van der Waals surface area contributed by atoms with Crippen molar-refractivity contribution in [3.63, 3.8) is 0 Å². The van der Waals surface area contributed by atoms with Gasteiger partial charge in [-0.3, -0.25) is 0 Å².